The van der Waals surface area contributed by atoms with Gasteiger partial charge in [0.25, 0.3) is 5.24 Å². The minimum absolute atomic E-state index is 0.00876. The number of hydrogen-bond donors (Lipinski definition) is 0. The number of imidazole rings is 1. The van der Waals surface area contributed by atoms with Gasteiger partial charge >= 0.3 is 0 Å². The predicted molar refractivity (Wildman–Crippen MR) is 99.8 cm³/mol. The number of benzene rings is 1. The molecule has 0 amide bonds. The maximum atomic E-state index is 13.2. The Morgan fingerprint density at radius 3 is 2.62 bits per heavy atom. The van der Waals surface area contributed by atoms with Gasteiger partial charge in [-0.25, -0.2) is 19.5 Å². The van der Waals surface area contributed by atoms with Crippen molar-refractivity contribution in [1.29, 1.82) is 0 Å². The Morgan fingerprint density at radius 2 is 1.92 bits per heavy atom. The van der Waals surface area contributed by atoms with Gasteiger partial charge in [-0.15, -0.1) is 10.0 Å². The highest BCUT2D eigenvalue weighted by Crippen LogP contribution is 2.52. The van der Waals surface area contributed by atoms with Gasteiger partial charge in [0, 0.05) is 11.4 Å². The minimum Gasteiger partial charge on any atom is -0.262 e. The molecular formula is C17H15ClN4OS. The van der Waals surface area contributed by atoms with Crippen molar-refractivity contribution in [1.82, 2.24) is 19.5 Å². The first kappa shape index (κ1) is 15.4. The summed E-state index contributed by atoms with van der Waals surface area (Å²) < 4.78 is 1.63. The first-order valence-electron chi connectivity index (χ1n) is 7.54. The summed E-state index contributed by atoms with van der Waals surface area (Å²) in [4.78, 5) is 26.9. The summed E-state index contributed by atoms with van der Waals surface area (Å²) in [5.41, 5.74) is 2.35. The number of hydrogen-bond acceptors (Lipinski definition) is 4. The van der Waals surface area contributed by atoms with Crippen molar-refractivity contribution in [3.05, 3.63) is 52.0 Å². The summed E-state index contributed by atoms with van der Waals surface area (Å²) >= 11 is 6.03. The summed E-state index contributed by atoms with van der Waals surface area (Å²) in [6.45, 7) is 1.97. The van der Waals surface area contributed by atoms with Gasteiger partial charge in [0.05, 0.1) is 11.0 Å². The number of carbonyl (C=O) groups excluding carboxylic acids is 1. The number of halogens is 1. The normalized spacial score (nSPS) is 17.0. The second kappa shape index (κ2) is 5.43. The summed E-state index contributed by atoms with van der Waals surface area (Å²) in [5, 5.41) is 4.54. The van der Waals surface area contributed by atoms with Crippen molar-refractivity contribution in [3.8, 4) is 0 Å². The van der Waals surface area contributed by atoms with E-state index in [0.717, 1.165) is 0 Å². The summed E-state index contributed by atoms with van der Waals surface area (Å²) in [7, 11) is -1.66. The molecule has 0 spiro atoms. The average Bonchev–Trinajstić information content (AvgIpc) is 3.16. The number of fused-ring (bicyclic) bond motifs is 2. The van der Waals surface area contributed by atoms with E-state index in [1.165, 1.54) is 0 Å². The third-order valence-electron chi connectivity index (χ3n) is 4.00. The van der Waals surface area contributed by atoms with Crippen molar-refractivity contribution >= 4 is 49.2 Å². The molecule has 0 bridgehead atoms. The SMILES string of the molecule is CCc1nc2nc3cc(Cl)ccc3nc2n1C(=O)S1(C)C=CC=C1. The second-order valence-electron chi connectivity index (χ2n) is 5.69. The highest BCUT2D eigenvalue weighted by molar-refractivity contribution is 8.49. The second-order valence-corrected chi connectivity index (χ2v) is 9.12. The van der Waals surface area contributed by atoms with Crippen LogP contribution in [0, 0.1) is 0 Å². The monoisotopic (exact) mass is 358 g/mol. The molecule has 3 aromatic rings. The quantitative estimate of drug-likeness (QED) is 0.635. The lowest BCUT2D eigenvalue weighted by Gasteiger charge is -2.24. The largest absolute Gasteiger partial charge is 0.282 e. The third kappa shape index (κ3) is 2.25. The Kier molecular flexibility index (Phi) is 3.47. The fourth-order valence-electron chi connectivity index (χ4n) is 2.73. The molecule has 0 atom stereocenters. The van der Waals surface area contributed by atoms with Gasteiger partial charge in [0.15, 0.2) is 11.3 Å². The van der Waals surface area contributed by atoms with E-state index >= 15 is 0 Å². The lowest BCUT2D eigenvalue weighted by Crippen LogP contribution is -2.17. The number of rotatable bonds is 1. The predicted octanol–water partition coefficient (Wildman–Crippen LogP) is 4.64. The van der Waals surface area contributed by atoms with Crippen LogP contribution in [0.1, 0.15) is 12.7 Å². The molecule has 2 aromatic heterocycles. The van der Waals surface area contributed by atoms with E-state index in [9.17, 15) is 4.79 Å². The van der Waals surface area contributed by atoms with Crippen molar-refractivity contribution < 1.29 is 4.79 Å². The fraction of sp³-hybridized carbons (Fsp3) is 0.176. The highest BCUT2D eigenvalue weighted by Gasteiger charge is 2.29. The number of aryl methyl sites for hydroxylation is 1. The lowest BCUT2D eigenvalue weighted by atomic mass is 10.3. The highest BCUT2D eigenvalue weighted by atomic mass is 35.5. The average molecular weight is 359 g/mol. The molecule has 1 aliphatic rings. The maximum absolute atomic E-state index is 13.2. The molecule has 0 saturated heterocycles. The summed E-state index contributed by atoms with van der Waals surface area (Å²) in [5.74, 6) is 0.679. The molecule has 0 aliphatic carbocycles. The van der Waals surface area contributed by atoms with Gasteiger partial charge in [-0.2, -0.15) is 0 Å². The van der Waals surface area contributed by atoms with Crippen LogP contribution >= 0.6 is 21.6 Å². The standard InChI is InChI=1S/C17H15ClN4OS/c1-3-14-21-15-16(20-12-7-6-11(18)10-13(12)19-15)22(14)17(23)24(2)8-4-5-9-24/h4-10H,3H2,1-2H3. The van der Waals surface area contributed by atoms with Crippen LogP contribution in [0.4, 0.5) is 4.79 Å². The molecule has 0 unspecified atom stereocenters. The maximum Gasteiger partial charge on any atom is 0.282 e. The van der Waals surface area contributed by atoms with Crippen LogP contribution < -0.4 is 0 Å². The molecule has 3 heterocycles. The van der Waals surface area contributed by atoms with Gasteiger partial charge in [-0.1, -0.05) is 30.7 Å². The van der Waals surface area contributed by atoms with Gasteiger partial charge in [-0.3, -0.25) is 4.79 Å². The molecule has 122 valence electrons. The Bertz CT molecular complexity index is 1040. The van der Waals surface area contributed by atoms with Crippen LogP contribution in [0.25, 0.3) is 22.3 Å². The van der Waals surface area contributed by atoms with E-state index in [4.69, 9.17) is 11.6 Å². The first-order valence-corrected chi connectivity index (χ1v) is 10.1. The molecule has 5 nitrogen and oxygen atoms in total. The van der Waals surface area contributed by atoms with Crippen LogP contribution in [0.15, 0.2) is 41.2 Å². The zero-order chi connectivity index (χ0) is 16.9. The molecule has 0 saturated carbocycles. The first-order chi connectivity index (χ1) is 11.5. The smallest absolute Gasteiger partial charge is 0.262 e. The topological polar surface area (TPSA) is 60.7 Å². The summed E-state index contributed by atoms with van der Waals surface area (Å²) in [6, 6.07) is 5.33. The van der Waals surface area contributed by atoms with Crippen LogP contribution in [0.5, 0.6) is 0 Å². The summed E-state index contributed by atoms with van der Waals surface area (Å²) in [6.07, 6.45) is 6.43. The zero-order valence-corrected chi connectivity index (χ0v) is 14.8. The van der Waals surface area contributed by atoms with E-state index in [1.54, 1.807) is 16.7 Å². The van der Waals surface area contributed by atoms with Crippen LogP contribution in [-0.4, -0.2) is 31.0 Å². The number of carbonyl (C=O) groups is 1. The van der Waals surface area contributed by atoms with E-state index in [1.807, 2.05) is 42.2 Å². The minimum atomic E-state index is -1.66. The van der Waals surface area contributed by atoms with Crippen LogP contribution in [-0.2, 0) is 6.42 Å². The lowest BCUT2D eigenvalue weighted by molar-refractivity contribution is 0.261. The Labute approximate surface area is 145 Å². The molecule has 1 aliphatic heterocycles. The van der Waals surface area contributed by atoms with E-state index < -0.39 is 10.0 Å². The third-order valence-corrected chi connectivity index (χ3v) is 6.62. The molecular weight excluding hydrogens is 344 g/mol. The van der Waals surface area contributed by atoms with E-state index in [2.05, 4.69) is 15.0 Å². The Balaban J connectivity index is 2.00. The molecule has 0 N–H and O–H groups in total. The Hall–Kier alpha value is -2.18. The fourth-order valence-corrected chi connectivity index (χ4v) is 4.64. The van der Waals surface area contributed by atoms with Crippen molar-refractivity contribution in [3.63, 3.8) is 0 Å². The van der Waals surface area contributed by atoms with Crippen molar-refractivity contribution in [2.45, 2.75) is 13.3 Å². The van der Waals surface area contributed by atoms with Gasteiger partial charge in [0.1, 0.15) is 5.82 Å². The van der Waals surface area contributed by atoms with E-state index in [-0.39, 0.29) is 5.24 Å². The Morgan fingerprint density at radius 1 is 1.17 bits per heavy atom. The van der Waals surface area contributed by atoms with Gasteiger partial charge in [-0.05, 0) is 35.3 Å². The van der Waals surface area contributed by atoms with Crippen molar-refractivity contribution in [2.24, 2.45) is 0 Å². The van der Waals surface area contributed by atoms with Gasteiger partial charge < -0.3 is 0 Å². The number of nitrogens with zero attached hydrogens (tertiary/aromatic N) is 4. The van der Waals surface area contributed by atoms with E-state index in [0.29, 0.717) is 39.6 Å². The van der Waals surface area contributed by atoms with Crippen LogP contribution in [0.3, 0.4) is 0 Å². The number of allylic oxidation sites excluding steroid dienone is 2. The molecule has 1 aromatic carbocycles. The van der Waals surface area contributed by atoms with Gasteiger partial charge in [0.2, 0.25) is 0 Å². The molecule has 0 fully saturated rings. The van der Waals surface area contributed by atoms with Crippen molar-refractivity contribution in [2.75, 3.05) is 6.26 Å². The molecule has 24 heavy (non-hydrogen) atoms. The number of aromatic nitrogens is 4. The zero-order valence-electron chi connectivity index (χ0n) is 13.2. The van der Waals surface area contributed by atoms with Crippen LogP contribution in [0.2, 0.25) is 5.02 Å². The molecule has 0 radical (unpaired) electrons. The molecule has 7 heteroatoms. The molecule has 4 rings (SSSR count).